The van der Waals surface area contributed by atoms with Gasteiger partial charge < -0.3 is 4.90 Å². The van der Waals surface area contributed by atoms with E-state index >= 15 is 0 Å². The molecule has 1 amide bonds. The molecule has 2 nitrogen and oxygen atoms in total. The maximum atomic E-state index is 12.0. The topological polar surface area (TPSA) is 20.3 Å². The van der Waals surface area contributed by atoms with Gasteiger partial charge in [0.15, 0.2) is 0 Å². The van der Waals surface area contributed by atoms with Gasteiger partial charge >= 0.3 is 0 Å². The summed E-state index contributed by atoms with van der Waals surface area (Å²) in [5.41, 5.74) is 0. The van der Waals surface area contributed by atoms with Gasteiger partial charge in [0, 0.05) is 33.1 Å². The number of hydrogen-bond donors (Lipinski definition) is 0. The van der Waals surface area contributed by atoms with Crippen LogP contribution in [0, 0.1) is 5.92 Å². The van der Waals surface area contributed by atoms with Gasteiger partial charge in [0.05, 0.1) is 0 Å². The molecule has 1 aliphatic heterocycles. The molecule has 1 saturated carbocycles. The van der Waals surface area contributed by atoms with E-state index in [4.69, 9.17) is 0 Å². The summed E-state index contributed by atoms with van der Waals surface area (Å²) in [7, 11) is 0. The smallest absolute Gasteiger partial charge is 0.222 e. The number of likely N-dealkylation sites (tertiary alicyclic amines) is 1. The van der Waals surface area contributed by atoms with Gasteiger partial charge in [-0.25, -0.2) is 0 Å². The van der Waals surface area contributed by atoms with Crippen LogP contribution in [0.3, 0.4) is 0 Å². The Balaban J connectivity index is 1.45. The zero-order chi connectivity index (χ0) is 15.8. The molecule has 4 rings (SSSR count). The normalized spacial score (nSPS) is 25.4. The number of carbonyl (C=O) groups excluding carboxylic acids is 1. The first kappa shape index (κ1) is 15.6. The van der Waals surface area contributed by atoms with E-state index in [2.05, 4.69) is 45.1 Å². The van der Waals surface area contributed by atoms with Crippen molar-refractivity contribution in [2.75, 3.05) is 6.54 Å². The standard InChI is InChI=1S/C19H22BrNOS/c20-15-7-6-14-11-17(23-18(14)12-15)10-13-3-1-4-16(9-13)21-8-2-5-19(21)22/h6-7,11-13,16H,1-5,8-10H2. The quantitative estimate of drug-likeness (QED) is 0.686. The summed E-state index contributed by atoms with van der Waals surface area (Å²) in [6.07, 6.45) is 8.00. The van der Waals surface area contributed by atoms with E-state index in [1.54, 1.807) is 0 Å². The highest BCUT2D eigenvalue weighted by Crippen LogP contribution is 2.35. The van der Waals surface area contributed by atoms with Crippen LogP contribution in [0.2, 0.25) is 0 Å². The lowest BCUT2D eigenvalue weighted by Gasteiger charge is -2.35. The predicted molar refractivity (Wildman–Crippen MR) is 99.9 cm³/mol. The number of fused-ring (bicyclic) bond motifs is 1. The van der Waals surface area contributed by atoms with E-state index < -0.39 is 0 Å². The van der Waals surface area contributed by atoms with Crippen molar-refractivity contribution in [3.8, 4) is 0 Å². The molecule has 4 heteroatoms. The Bertz CT molecular complexity index is 725. The molecule has 0 spiro atoms. The van der Waals surface area contributed by atoms with E-state index in [1.807, 2.05) is 11.3 Å². The summed E-state index contributed by atoms with van der Waals surface area (Å²) in [5, 5.41) is 1.36. The number of halogens is 1. The molecule has 2 atom stereocenters. The molecule has 1 aromatic heterocycles. The molecule has 1 saturated heterocycles. The van der Waals surface area contributed by atoms with Crippen LogP contribution in [0.15, 0.2) is 28.7 Å². The van der Waals surface area contributed by atoms with Crippen molar-refractivity contribution >= 4 is 43.3 Å². The summed E-state index contributed by atoms with van der Waals surface area (Å²) in [4.78, 5) is 15.7. The first-order valence-corrected chi connectivity index (χ1v) is 10.3. The van der Waals surface area contributed by atoms with E-state index in [0.717, 1.165) is 29.8 Å². The van der Waals surface area contributed by atoms with Crippen LogP contribution >= 0.6 is 27.3 Å². The number of carbonyl (C=O) groups is 1. The van der Waals surface area contributed by atoms with Crippen LogP contribution in [0.1, 0.15) is 43.4 Å². The minimum atomic E-state index is 0.391. The minimum absolute atomic E-state index is 0.391. The van der Waals surface area contributed by atoms with Crippen LogP contribution in [-0.4, -0.2) is 23.4 Å². The lowest BCUT2D eigenvalue weighted by molar-refractivity contribution is -0.130. The van der Waals surface area contributed by atoms with Crippen molar-refractivity contribution in [2.45, 2.75) is 51.0 Å². The summed E-state index contributed by atoms with van der Waals surface area (Å²) in [6.45, 7) is 0.993. The molecule has 1 aromatic carbocycles. The highest BCUT2D eigenvalue weighted by molar-refractivity contribution is 9.10. The van der Waals surface area contributed by atoms with Crippen LogP contribution in [0.4, 0.5) is 0 Å². The van der Waals surface area contributed by atoms with Crippen molar-refractivity contribution in [1.82, 2.24) is 4.90 Å². The molecule has 2 aromatic rings. The van der Waals surface area contributed by atoms with E-state index in [9.17, 15) is 4.79 Å². The Labute approximate surface area is 150 Å². The zero-order valence-electron chi connectivity index (χ0n) is 13.3. The second-order valence-electron chi connectivity index (χ2n) is 6.98. The van der Waals surface area contributed by atoms with Gasteiger partial charge in [-0.15, -0.1) is 11.3 Å². The van der Waals surface area contributed by atoms with Gasteiger partial charge in [-0.05, 0) is 61.6 Å². The molecule has 1 aliphatic carbocycles. The Kier molecular flexibility index (Phi) is 4.46. The number of hydrogen-bond acceptors (Lipinski definition) is 2. The van der Waals surface area contributed by atoms with Gasteiger partial charge in [0.2, 0.25) is 5.91 Å². The van der Waals surface area contributed by atoms with Crippen LogP contribution in [0.25, 0.3) is 10.1 Å². The minimum Gasteiger partial charge on any atom is -0.340 e. The number of amides is 1. The maximum Gasteiger partial charge on any atom is 0.222 e. The SMILES string of the molecule is O=C1CCCN1C1CCCC(Cc2cc3ccc(Br)cc3s2)C1. The van der Waals surface area contributed by atoms with Crippen molar-refractivity contribution < 1.29 is 4.79 Å². The monoisotopic (exact) mass is 391 g/mol. The fourth-order valence-corrected chi connectivity index (χ4v) is 5.96. The molecule has 2 aliphatic rings. The number of benzene rings is 1. The third-order valence-corrected chi connectivity index (χ3v) is 6.94. The third kappa shape index (κ3) is 3.34. The Morgan fingerprint density at radius 1 is 1.22 bits per heavy atom. The first-order valence-electron chi connectivity index (χ1n) is 8.66. The molecule has 0 bridgehead atoms. The molecular weight excluding hydrogens is 370 g/mol. The fraction of sp³-hybridized carbons (Fsp3) is 0.526. The third-order valence-electron chi connectivity index (χ3n) is 5.33. The lowest BCUT2D eigenvalue weighted by atomic mass is 9.83. The van der Waals surface area contributed by atoms with Crippen molar-refractivity contribution in [3.05, 3.63) is 33.6 Å². The molecule has 122 valence electrons. The molecule has 2 heterocycles. The van der Waals surface area contributed by atoms with Gasteiger partial charge in [-0.1, -0.05) is 28.4 Å². The Morgan fingerprint density at radius 2 is 2.13 bits per heavy atom. The van der Waals surface area contributed by atoms with E-state index in [1.165, 1.54) is 47.1 Å². The molecular formula is C19H22BrNOS. The Hall–Kier alpha value is -0.870. The lowest BCUT2D eigenvalue weighted by Crippen LogP contribution is -2.39. The second kappa shape index (κ2) is 6.56. The maximum absolute atomic E-state index is 12.0. The van der Waals surface area contributed by atoms with Gasteiger partial charge in [0.25, 0.3) is 0 Å². The summed E-state index contributed by atoms with van der Waals surface area (Å²) in [5.74, 6) is 1.13. The average molecular weight is 392 g/mol. The molecule has 2 fully saturated rings. The highest BCUT2D eigenvalue weighted by Gasteiger charge is 2.32. The molecule has 2 unspecified atom stereocenters. The zero-order valence-corrected chi connectivity index (χ0v) is 15.7. The number of nitrogens with zero attached hydrogens (tertiary/aromatic N) is 1. The van der Waals surface area contributed by atoms with Gasteiger partial charge in [0.1, 0.15) is 0 Å². The van der Waals surface area contributed by atoms with Gasteiger partial charge in [-0.3, -0.25) is 4.79 Å². The highest BCUT2D eigenvalue weighted by atomic mass is 79.9. The van der Waals surface area contributed by atoms with Crippen LogP contribution in [-0.2, 0) is 11.2 Å². The van der Waals surface area contributed by atoms with Crippen molar-refractivity contribution in [1.29, 1.82) is 0 Å². The van der Waals surface area contributed by atoms with Crippen molar-refractivity contribution in [3.63, 3.8) is 0 Å². The molecule has 0 radical (unpaired) electrons. The fourth-order valence-electron chi connectivity index (χ4n) is 4.23. The van der Waals surface area contributed by atoms with Crippen LogP contribution < -0.4 is 0 Å². The average Bonchev–Trinajstić information content (AvgIpc) is 3.12. The largest absolute Gasteiger partial charge is 0.340 e. The summed E-state index contributed by atoms with van der Waals surface area (Å²) in [6, 6.07) is 9.40. The second-order valence-corrected chi connectivity index (χ2v) is 9.06. The molecule has 23 heavy (non-hydrogen) atoms. The Morgan fingerprint density at radius 3 is 2.96 bits per heavy atom. The predicted octanol–water partition coefficient (Wildman–Crippen LogP) is 5.39. The molecule has 0 N–H and O–H groups in total. The summed E-state index contributed by atoms with van der Waals surface area (Å²) < 4.78 is 2.53. The van der Waals surface area contributed by atoms with Gasteiger partial charge in [-0.2, -0.15) is 0 Å². The summed E-state index contributed by atoms with van der Waals surface area (Å²) >= 11 is 5.49. The number of thiophene rings is 1. The number of rotatable bonds is 3. The van der Waals surface area contributed by atoms with Crippen LogP contribution in [0.5, 0.6) is 0 Å². The van der Waals surface area contributed by atoms with Crippen molar-refractivity contribution in [2.24, 2.45) is 5.92 Å². The first-order chi connectivity index (χ1) is 11.2. The van der Waals surface area contributed by atoms with E-state index in [0.29, 0.717) is 11.9 Å². The van der Waals surface area contributed by atoms with E-state index in [-0.39, 0.29) is 0 Å².